The Balaban J connectivity index is 1.79. The van der Waals surface area contributed by atoms with Crippen LogP contribution in [0.25, 0.3) is 0 Å². The van der Waals surface area contributed by atoms with E-state index in [1.807, 2.05) is 6.08 Å². The van der Waals surface area contributed by atoms with Crippen LogP contribution in [0.3, 0.4) is 0 Å². The van der Waals surface area contributed by atoms with Crippen LogP contribution in [0.5, 0.6) is 0 Å². The van der Waals surface area contributed by atoms with E-state index >= 15 is 0 Å². The molecule has 1 unspecified atom stereocenters. The molecule has 23 heavy (non-hydrogen) atoms. The molecule has 6 atom stereocenters. The highest BCUT2D eigenvalue weighted by Gasteiger charge is 2.51. The Hall–Kier alpha value is -1.12. The summed E-state index contributed by atoms with van der Waals surface area (Å²) in [4.78, 5) is 23.1. The van der Waals surface area contributed by atoms with Crippen LogP contribution < -0.4 is 0 Å². The zero-order valence-electron chi connectivity index (χ0n) is 14.9. The van der Waals surface area contributed by atoms with Crippen LogP contribution in [0.2, 0.25) is 0 Å². The largest absolute Gasteiger partial charge is 0.462 e. The second-order valence-corrected chi connectivity index (χ2v) is 8.28. The third-order valence-corrected chi connectivity index (χ3v) is 7.33. The third kappa shape index (κ3) is 2.88. The number of hydrogen-bond acceptors (Lipinski definition) is 3. The predicted octanol–water partition coefficient (Wildman–Crippen LogP) is 4.31. The molecule has 3 aliphatic rings. The molecule has 0 radical (unpaired) electrons. The molecule has 2 fully saturated rings. The summed E-state index contributed by atoms with van der Waals surface area (Å²) in [6, 6.07) is 0. The van der Waals surface area contributed by atoms with Crippen LogP contribution in [-0.4, -0.2) is 17.9 Å². The van der Waals surface area contributed by atoms with Crippen molar-refractivity contribution >= 4 is 11.8 Å². The first-order valence-electron chi connectivity index (χ1n) is 9.23. The summed E-state index contributed by atoms with van der Waals surface area (Å²) in [6.07, 6.45) is 8.28. The van der Waals surface area contributed by atoms with Crippen LogP contribution >= 0.6 is 0 Å². The van der Waals surface area contributed by atoms with Crippen LogP contribution in [-0.2, 0) is 14.3 Å². The minimum Gasteiger partial charge on any atom is -0.462 e. The Kier molecular flexibility index (Phi) is 4.41. The zero-order chi connectivity index (χ0) is 16.8. The number of carbonyl (C=O) groups is 2. The van der Waals surface area contributed by atoms with Gasteiger partial charge in [0.25, 0.3) is 0 Å². The summed E-state index contributed by atoms with van der Waals surface area (Å²) in [7, 11) is 0. The van der Waals surface area contributed by atoms with Gasteiger partial charge in [-0.2, -0.15) is 0 Å². The van der Waals surface area contributed by atoms with Crippen LogP contribution in [0, 0.1) is 29.1 Å². The summed E-state index contributed by atoms with van der Waals surface area (Å²) in [5.41, 5.74) is 1.49. The Labute approximate surface area is 139 Å². The average Bonchev–Trinajstić information content (AvgIpc) is 2.49. The quantitative estimate of drug-likeness (QED) is 0.713. The summed E-state index contributed by atoms with van der Waals surface area (Å²) < 4.78 is 5.57. The van der Waals surface area contributed by atoms with Gasteiger partial charge in [-0.3, -0.25) is 9.59 Å². The summed E-state index contributed by atoms with van der Waals surface area (Å²) >= 11 is 0. The molecule has 0 bridgehead atoms. The van der Waals surface area contributed by atoms with Crippen LogP contribution in [0.4, 0.5) is 0 Å². The number of rotatable bonds is 2. The van der Waals surface area contributed by atoms with E-state index in [2.05, 4.69) is 20.8 Å². The molecule has 0 amide bonds. The van der Waals surface area contributed by atoms with E-state index in [0.717, 1.165) is 31.6 Å². The second kappa shape index (κ2) is 6.07. The number of esters is 1. The van der Waals surface area contributed by atoms with Crippen molar-refractivity contribution in [3.8, 4) is 0 Å². The van der Waals surface area contributed by atoms with Gasteiger partial charge in [-0.1, -0.05) is 19.4 Å². The second-order valence-electron chi connectivity index (χ2n) is 8.28. The average molecular weight is 318 g/mol. The Morgan fingerprint density at radius 1 is 1.26 bits per heavy atom. The van der Waals surface area contributed by atoms with Gasteiger partial charge in [-0.05, 0) is 68.8 Å². The van der Waals surface area contributed by atoms with Gasteiger partial charge < -0.3 is 4.74 Å². The predicted molar refractivity (Wildman–Crippen MR) is 89.8 cm³/mol. The lowest BCUT2D eigenvalue weighted by Crippen LogP contribution is -2.50. The SMILES string of the molecule is CC(=O)O[C@@H](C)[C@@]1(C)CC[C@@H]2[C@H]3CCC(=O)C=C3CC[C@H]2C1C. The first-order valence-corrected chi connectivity index (χ1v) is 9.23. The van der Waals surface area contributed by atoms with Crippen molar-refractivity contribution in [1.29, 1.82) is 0 Å². The third-order valence-electron chi connectivity index (χ3n) is 7.33. The molecule has 0 saturated heterocycles. The summed E-state index contributed by atoms with van der Waals surface area (Å²) in [6.45, 7) is 8.23. The molecular weight excluding hydrogens is 288 g/mol. The normalized spacial score (nSPS) is 41.4. The Morgan fingerprint density at radius 2 is 2.00 bits per heavy atom. The number of allylic oxidation sites excluding steroid dienone is 2. The highest BCUT2D eigenvalue weighted by Crippen LogP contribution is 2.57. The van der Waals surface area contributed by atoms with Crippen molar-refractivity contribution in [2.75, 3.05) is 0 Å². The van der Waals surface area contributed by atoms with Gasteiger partial charge in [0, 0.05) is 18.8 Å². The zero-order valence-corrected chi connectivity index (χ0v) is 14.9. The van der Waals surface area contributed by atoms with Gasteiger partial charge in [0.1, 0.15) is 6.10 Å². The van der Waals surface area contributed by atoms with Crippen molar-refractivity contribution in [2.45, 2.75) is 72.3 Å². The molecule has 3 rings (SSSR count). The summed E-state index contributed by atoms with van der Waals surface area (Å²) in [5.74, 6) is 2.75. The molecule has 0 aromatic carbocycles. The van der Waals surface area contributed by atoms with E-state index in [0.29, 0.717) is 23.5 Å². The first-order chi connectivity index (χ1) is 10.8. The van der Waals surface area contributed by atoms with Crippen LogP contribution in [0.15, 0.2) is 11.6 Å². The van der Waals surface area contributed by atoms with E-state index in [-0.39, 0.29) is 17.5 Å². The van der Waals surface area contributed by atoms with Crippen molar-refractivity contribution in [3.05, 3.63) is 11.6 Å². The Morgan fingerprint density at radius 3 is 2.70 bits per heavy atom. The topological polar surface area (TPSA) is 43.4 Å². The maximum atomic E-state index is 11.7. The van der Waals surface area contributed by atoms with E-state index < -0.39 is 0 Å². The fourth-order valence-corrected chi connectivity index (χ4v) is 5.65. The van der Waals surface area contributed by atoms with Crippen molar-refractivity contribution in [1.82, 2.24) is 0 Å². The lowest BCUT2D eigenvalue weighted by molar-refractivity contribution is -0.160. The number of hydrogen-bond donors (Lipinski definition) is 0. The molecule has 3 aliphatic carbocycles. The number of ether oxygens (including phenoxy) is 1. The molecule has 0 aliphatic heterocycles. The molecule has 0 aromatic heterocycles. The molecule has 3 heteroatoms. The van der Waals surface area contributed by atoms with E-state index in [9.17, 15) is 9.59 Å². The number of ketones is 1. The standard InChI is InChI=1S/C20H30O3/c1-12-17-7-5-15-11-16(22)6-8-18(15)19(17)9-10-20(12,4)13(2)23-14(3)21/h11-13,17-19H,5-10H2,1-4H3/t12?,13-,17-,18-,19-,20-/m0/s1. The lowest BCUT2D eigenvalue weighted by Gasteiger charge is -2.55. The minimum absolute atomic E-state index is 0.0270. The molecule has 0 aromatic rings. The first kappa shape index (κ1) is 16.7. The van der Waals surface area contributed by atoms with Crippen molar-refractivity contribution in [3.63, 3.8) is 0 Å². The van der Waals surface area contributed by atoms with Crippen molar-refractivity contribution in [2.24, 2.45) is 29.1 Å². The minimum atomic E-state index is -0.173. The lowest BCUT2D eigenvalue weighted by atomic mass is 9.51. The molecule has 0 spiro atoms. The fourth-order valence-electron chi connectivity index (χ4n) is 5.65. The van der Waals surface area contributed by atoms with Gasteiger partial charge in [0.05, 0.1) is 0 Å². The highest BCUT2D eigenvalue weighted by molar-refractivity contribution is 5.91. The van der Waals surface area contributed by atoms with E-state index in [1.54, 1.807) is 0 Å². The summed E-state index contributed by atoms with van der Waals surface area (Å²) in [5, 5.41) is 0. The molecule has 3 nitrogen and oxygen atoms in total. The monoisotopic (exact) mass is 318 g/mol. The maximum Gasteiger partial charge on any atom is 0.302 e. The molecule has 0 heterocycles. The van der Waals surface area contributed by atoms with Crippen molar-refractivity contribution < 1.29 is 14.3 Å². The van der Waals surface area contributed by atoms with Gasteiger partial charge >= 0.3 is 5.97 Å². The molecular formula is C20H30O3. The van der Waals surface area contributed by atoms with Gasteiger partial charge in [0.2, 0.25) is 0 Å². The number of fused-ring (bicyclic) bond motifs is 3. The maximum absolute atomic E-state index is 11.7. The fraction of sp³-hybridized carbons (Fsp3) is 0.800. The smallest absolute Gasteiger partial charge is 0.302 e. The highest BCUT2D eigenvalue weighted by atomic mass is 16.5. The number of carbonyl (C=O) groups excluding carboxylic acids is 2. The molecule has 2 saturated carbocycles. The molecule has 128 valence electrons. The van der Waals surface area contributed by atoms with E-state index in [1.165, 1.54) is 25.3 Å². The van der Waals surface area contributed by atoms with Gasteiger partial charge in [-0.15, -0.1) is 0 Å². The Bertz CT molecular complexity index is 535. The van der Waals surface area contributed by atoms with E-state index in [4.69, 9.17) is 4.74 Å². The van der Waals surface area contributed by atoms with Crippen LogP contribution in [0.1, 0.15) is 66.2 Å². The van der Waals surface area contributed by atoms with Gasteiger partial charge in [0.15, 0.2) is 5.78 Å². The van der Waals surface area contributed by atoms with Gasteiger partial charge in [-0.25, -0.2) is 0 Å². The molecule has 0 N–H and O–H groups in total.